The third kappa shape index (κ3) is 2.34. The summed E-state index contributed by atoms with van der Waals surface area (Å²) in [5.74, 6) is 0.703. The minimum atomic E-state index is 0.126. The van der Waals surface area contributed by atoms with Crippen molar-refractivity contribution in [2.24, 2.45) is 5.92 Å². The lowest BCUT2D eigenvalue weighted by molar-refractivity contribution is -0.110. The molecule has 1 heteroatoms. The average molecular weight is 216 g/mol. The monoisotopic (exact) mass is 216 g/mol. The highest BCUT2D eigenvalue weighted by molar-refractivity contribution is 5.63. The minimum absolute atomic E-state index is 0.126. The van der Waals surface area contributed by atoms with Gasteiger partial charge in [0, 0.05) is 5.92 Å². The molecule has 1 unspecified atom stereocenters. The lowest BCUT2D eigenvalue weighted by Crippen LogP contribution is -2.18. The van der Waals surface area contributed by atoms with Gasteiger partial charge in [-0.25, -0.2) is 0 Å². The molecule has 0 radical (unpaired) electrons. The first kappa shape index (κ1) is 11.4. The summed E-state index contributed by atoms with van der Waals surface area (Å²) in [5.41, 5.74) is 2.49. The third-order valence-corrected chi connectivity index (χ3v) is 3.85. The Morgan fingerprint density at radius 2 is 1.88 bits per heavy atom. The maximum absolute atomic E-state index is 11.4. The van der Waals surface area contributed by atoms with E-state index >= 15 is 0 Å². The summed E-state index contributed by atoms with van der Waals surface area (Å²) in [6.07, 6.45) is 7.53. The molecular formula is C15H20O. The van der Waals surface area contributed by atoms with Crippen LogP contribution in [0.1, 0.15) is 49.1 Å². The van der Waals surface area contributed by atoms with Crippen LogP contribution in [-0.4, -0.2) is 6.29 Å². The number of hydrogen-bond acceptors (Lipinski definition) is 1. The van der Waals surface area contributed by atoms with Crippen molar-refractivity contribution in [3.05, 3.63) is 35.4 Å². The molecule has 0 saturated heterocycles. The molecule has 0 aliphatic heterocycles. The van der Waals surface area contributed by atoms with E-state index in [1.807, 2.05) is 12.1 Å². The molecule has 0 N–H and O–H groups in total. The zero-order valence-electron chi connectivity index (χ0n) is 9.99. The fourth-order valence-electron chi connectivity index (χ4n) is 2.89. The van der Waals surface area contributed by atoms with E-state index in [0.29, 0.717) is 5.92 Å². The zero-order valence-corrected chi connectivity index (χ0v) is 9.99. The highest BCUT2D eigenvalue weighted by Crippen LogP contribution is 2.35. The maximum Gasteiger partial charge on any atom is 0.127 e. The highest BCUT2D eigenvalue weighted by atomic mass is 16.1. The van der Waals surface area contributed by atoms with Crippen molar-refractivity contribution in [2.45, 2.75) is 44.9 Å². The minimum Gasteiger partial charge on any atom is -0.303 e. The van der Waals surface area contributed by atoms with Gasteiger partial charge in [0.25, 0.3) is 0 Å². The molecule has 1 aromatic rings. The molecule has 0 amide bonds. The van der Waals surface area contributed by atoms with Crippen molar-refractivity contribution >= 4 is 6.29 Å². The summed E-state index contributed by atoms with van der Waals surface area (Å²) in [7, 11) is 0. The SMILES string of the molecule is Cc1ccccc1C(C=O)C1CCCCC1. The van der Waals surface area contributed by atoms with Crippen LogP contribution in [0.4, 0.5) is 0 Å². The van der Waals surface area contributed by atoms with E-state index in [4.69, 9.17) is 0 Å². The van der Waals surface area contributed by atoms with E-state index in [0.717, 1.165) is 0 Å². The van der Waals surface area contributed by atoms with Gasteiger partial charge < -0.3 is 4.79 Å². The average Bonchev–Trinajstić information content (AvgIpc) is 2.34. The molecule has 2 rings (SSSR count). The molecule has 1 fully saturated rings. The first-order valence-corrected chi connectivity index (χ1v) is 6.33. The second kappa shape index (κ2) is 5.29. The molecule has 0 bridgehead atoms. The molecule has 86 valence electrons. The smallest absolute Gasteiger partial charge is 0.127 e. The molecule has 1 nitrogen and oxygen atoms in total. The number of aldehydes is 1. The molecule has 1 aliphatic rings. The lowest BCUT2D eigenvalue weighted by Gasteiger charge is -2.27. The van der Waals surface area contributed by atoms with Crippen LogP contribution in [0.3, 0.4) is 0 Å². The summed E-state index contributed by atoms with van der Waals surface area (Å²) in [5, 5.41) is 0. The Bertz CT molecular complexity index is 350. The Labute approximate surface area is 97.9 Å². The second-order valence-corrected chi connectivity index (χ2v) is 4.92. The zero-order chi connectivity index (χ0) is 11.4. The van der Waals surface area contributed by atoms with Crippen LogP contribution < -0.4 is 0 Å². The fourth-order valence-corrected chi connectivity index (χ4v) is 2.89. The van der Waals surface area contributed by atoms with Gasteiger partial charge in [0.05, 0.1) is 0 Å². The highest BCUT2D eigenvalue weighted by Gasteiger charge is 2.25. The van der Waals surface area contributed by atoms with E-state index in [1.54, 1.807) is 0 Å². The van der Waals surface area contributed by atoms with Crippen molar-refractivity contribution in [3.8, 4) is 0 Å². The number of hydrogen-bond donors (Lipinski definition) is 0. The van der Waals surface area contributed by atoms with Crippen LogP contribution in [0, 0.1) is 12.8 Å². The van der Waals surface area contributed by atoms with Gasteiger partial charge in [0.1, 0.15) is 6.29 Å². The van der Waals surface area contributed by atoms with Crippen molar-refractivity contribution in [3.63, 3.8) is 0 Å². The fraction of sp³-hybridized carbons (Fsp3) is 0.533. The topological polar surface area (TPSA) is 17.1 Å². The van der Waals surface area contributed by atoms with Crippen LogP contribution in [-0.2, 0) is 4.79 Å². The van der Waals surface area contributed by atoms with Crippen LogP contribution in [0.15, 0.2) is 24.3 Å². The summed E-state index contributed by atoms with van der Waals surface area (Å²) < 4.78 is 0. The Morgan fingerprint density at radius 3 is 2.50 bits per heavy atom. The van der Waals surface area contributed by atoms with Gasteiger partial charge in [-0.05, 0) is 36.8 Å². The molecule has 0 heterocycles. The Morgan fingerprint density at radius 1 is 1.19 bits per heavy atom. The van der Waals surface area contributed by atoms with Crippen molar-refractivity contribution in [2.75, 3.05) is 0 Å². The summed E-state index contributed by atoms with van der Waals surface area (Å²) in [4.78, 5) is 11.4. The maximum atomic E-state index is 11.4. The van der Waals surface area contributed by atoms with Gasteiger partial charge >= 0.3 is 0 Å². The third-order valence-electron chi connectivity index (χ3n) is 3.85. The van der Waals surface area contributed by atoms with Gasteiger partial charge in [-0.1, -0.05) is 43.5 Å². The summed E-state index contributed by atoms with van der Waals surface area (Å²) in [6.45, 7) is 2.11. The van der Waals surface area contributed by atoms with Gasteiger partial charge in [-0.3, -0.25) is 0 Å². The largest absolute Gasteiger partial charge is 0.303 e. The van der Waals surface area contributed by atoms with Gasteiger partial charge in [-0.15, -0.1) is 0 Å². The van der Waals surface area contributed by atoms with E-state index in [9.17, 15) is 4.79 Å². The number of aryl methyl sites for hydroxylation is 1. The van der Waals surface area contributed by atoms with Gasteiger partial charge in [0.2, 0.25) is 0 Å². The van der Waals surface area contributed by atoms with Gasteiger partial charge in [-0.2, -0.15) is 0 Å². The molecule has 16 heavy (non-hydrogen) atoms. The first-order valence-electron chi connectivity index (χ1n) is 6.33. The number of rotatable bonds is 3. The van der Waals surface area contributed by atoms with Crippen LogP contribution >= 0.6 is 0 Å². The number of carbonyl (C=O) groups is 1. The number of benzene rings is 1. The molecule has 1 aliphatic carbocycles. The molecular weight excluding hydrogens is 196 g/mol. The van der Waals surface area contributed by atoms with E-state index < -0.39 is 0 Å². The van der Waals surface area contributed by atoms with Crippen LogP contribution in [0.5, 0.6) is 0 Å². The lowest BCUT2D eigenvalue weighted by atomic mass is 9.76. The Balaban J connectivity index is 2.21. The predicted octanol–water partition coefficient (Wildman–Crippen LogP) is 3.86. The normalized spacial score (nSPS) is 19.3. The van der Waals surface area contributed by atoms with Crippen molar-refractivity contribution < 1.29 is 4.79 Å². The molecule has 0 spiro atoms. The standard InChI is InChI=1S/C15H20O/c1-12-7-5-6-10-14(12)15(11-16)13-8-3-2-4-9-13/h5-7,10-11,13,15H,2-4,8-9H2,1H3. The molecule has 1 atom stereocenters. The van der Waals surface area contributed by atoms with E-state index in [2.05, 4.69) is 19.1 Å². The van der Waals surface area contributed by atoms with E-state index in [-0.39, 0.29) is 5.92 Å². The van der Waals surface area contributed by atoms with Crippen LogP contribution in [0.25, 0.3) is 0 Å². The first-order chi connectivity index (χ1) is 7.83. The van der Waals surface area contributed by atoms with Gasteiger partial charge in [0.15, 0.2) is 0 Å². The Kier molecular flexibility index (Phi) is 3.76. The molecule has 1 aromatic carbocycles. The van der Waals surface area contributed by atoms with Crippen molar-refractivity contribution in [1.82, 2.24) is 0 Å². The van der Waals surface area contributed by atoms with Crippen LogP contribution in [0.2, 0.25) is 0 Å². The summed E-state index contributed by atoms with van der Waals surface area (Å²) >= 11 is 0. The molecule has 1 saturated carbocycles. The molecule has 0 aromatic heterocycles. The van der Waals surface area contributed by atoms with E-state index in [1.165, 1.54) is 49.5 Å². The second-order valence-electron chi connectivity index (χ2n) is 4.92. The predicted molar refractivity (Wildman–Crippen MR) is 66.6 cm³/mol. The quantitative estimate of drug-likeness (QED) is 0.701. The number of carbonyl (C=O) groups excluding carboxylic acids is 1. The summed E-state index contributed by atoms with van der Waals surface area (Å²) in [6, 6.07) is 8.31. The van der Waals surface area contributed by atoms with Crippen molar-refractivity contribution in [1.29, 1.82) is 0 Å². The Hall–Kier alpha value is -1.11.